The maximum absolute atomic E-state index is 12.5. The van der Waals surface area contributed by atoms with Crippen LogP contribution in [0.1, 0.15) is 28.8 Å². The van der Waals surface area contributed by atoms with Gasteiger partial charge in [0.2, 0.25) is 5.91 Å². The number of nitrogens with zero attached hydrogens (tertiary/aromatic N) is 1. The fourth-order valence-corrected chi connectivity index (χ4v) is 3.11. The van der Waals surface area contributed by atoms with Crippen molar-refractivity contribution in [2.45, 2.75) is 37.8 Å². The molecule has 1 aromatic rings. The van der Waals surface area contributed by atoms with Crippen LogP contribution in [0.2, 0.25) is 0 Å². The molecule has 0 saturated carbocycles. The fraction of sp³-hybridized carbons (Fsp3) is 0.429. The van der Waals surface area contributed by atoms with Crippen molar-refractivity contribution < 1.29 is 14.3 Å². The van der Waals surface area contributed by atoms with Crippen molar-refractivity contribution in [3.63, 3.8) is 0 Å². The van der Waals surface area contributed by atoms with Gasteiger partial charge in [-0.25, -0.2) is 0 Å². The Morgan fingerprint density at radius 3 is 2.95 bits per heavy atom. The number of anilines is 1. The first-order chi connectivity index (χ1) is 9.65. The summed E-state index contributed by atoms with van der Waals surface area (Å²) in [6.07, 6.45) is 1.39. The van der Waals surface area contributed by atoms with Gasteiger partial charge in [-0.1, -0.05) is 6.07 Å². The zero-order valence-electron chi connectivity index (χ0n) is 10.8. The number of hydrogen-bond acceptors (Lipinski definition) is 4. The third-order valence-corrected chi connectivity index (χ3v) is 4.30. The molecule has 2 amide bonds. The Bertz CT molecular complexity index is 616. The maximum atomic E-state index is 12.5. The van der Waals surface area contributed by atoms with Crippen LogP contribution in [0.5, 0.6) is 0 Å². The van der Waals surface area contributed by atoms with Crippen molar-refractivity contribution in [2.75, 3.05) is 5.73 Å². The lowest BCUT2D eigenvalue weighted by Crippen LogP contribution is -2.46. The van der Waals surface area contributed by atoms with Crippen LogP contribution in [0.25, 0.3) is 0 Å². The Balaban J connectivity index is 1.63. The number of carbonyl (C=O) groups is 2. The van der Waals surface area contributed by atoms with Gasteiger partial charge >= 0.3 is 0 Å². The Labute approximate surface area is 115 Å². The Morgan fingerprint density at radius 1 is 1.30 bits per heavy atom. The highest BCUT2D eigenvalue weighted by Crippen LogP contribution is 2.34. The summed E-state index contributed by atoms with van der Waals surface area (Å²) in [6.45, 7) is 0.412. The highest BCUT2D eigenvalue weighted by Gasteiger charge is 2.47. The molecule has 0 aliphatic carbocycles. The van der Waals surface area contributed by atoms with Gasteiger partial charge < -0.3 is 20.7 Å². The van der Waals surface area contributed by atoms with E-state index in [0.29, 0.717) is 24.2 Å². The van der Waals surface area contributed by atoms with Crippen molar-refractivity contribution in [1.82, 2.24) is 10.2 Å². The largest absolute Gasteiger partial charge is 0.398 e. The summed E-state index contributed by atoms with van der Waals surface area (Å²) in [6, 6.07) is 4.89. The van der Waals surface area contributed by atoms with E-state index in [2.05, 4.69) is 5.32 Å². The molecular formula is C14H15N3O3. The van der Waals surface area contributed by atoms with Crippen molar-refractivity contribution in [2.24, 2.45) is 0 Å². The van der Waals surface area contributed by atoms with Gasteiger partial charge in [0, 0.05) is 23.4 Å². The van der Waals surface area contributed by atoms with E-state index < -0.39 is 6.04 Å². The van der Waals surface area contributed by atoms with Gasteiger partial charge in [0.15, 0.2) is 6.23 Å². The van der Waals surface area contributed by atoms with Crippen LogP contribution >= 0.6 is 0 Å². The summed E-state index contributed by atoms with van der Waals surface area (Å²) in [5.41, 5.74) is 7.97. The van der Waals surface area contributed by atoms with Crippen LogP contribution in [0.4, 0.5) is 5.69 Å². The number of nitrogen functional groups attached to an aromatic ring is 1. The molecule has 2 fully saturated rings. The van der Waals surface area contributed by atoms with E-state index in [1.165, 1.54) is 0 Å². The van der Waals surface area contributed by atoms with Crippen molar-refractivity contribution >= 4 is 17.5 Å². The van der Waals surface area contributed by atoms with E-state index in [1.54, 1.807) is 23.1 Å². The highest BCUT2D eigenvalue weighted by atomic mass is 16.6. The monoisotopic (exact) mass is 273 g/mol. The van der Waals surface area contributed by atoms with E-state index in [-0.39, 0.29) is 24.1 Å². The number of epoxide rings is 1. The second kappa shape index (κ2) is 3.96. The third-order valence-electron chi connectivity index (χ3n) is 4.30. The van der Waals surface area contributed by atoms with Gasteiger partial charge in [-0.3, -0.25) is 9.59 Å². The minimum absolute atomic E-state index is 0.107. The van der Waals surface area contributed by atoms with Crippen LogP contribution in [0.15, 0.2) is 18.2 Å². The molecule has 0 bridgehead atoms. The number of fused-ring (bicyclic) bond motifs is 2. The number of benzene rings is 1. The molecule has 20 heavy (non-hydrogen) atoms. The maximum Gasteiger partial charge on any atom is 0.255 e. The summed E-state index contributed by atoms with van der Waals surface area (Å²) in [7, 11) is 0. The zero-order chi connectivity index (χ0) is 13.9. The Morgan fingerprint density at radius 2 is 2.15 bits per heavy atom. The molecule has 1 aromatic carbocycles. The number of hydrogen-bond donors (Lipinski definition) is 2. The summed E-state index contributed by atoms with van der Waals surface area (Å²) in [5, 5.41) is 2.82. The minimum atomic E-state index is -0.425. The molecule has 4 rings (SSSR count). The molecule has 3 aliphatic heterocycles. The summed E-state index contributed by atoms with van der Waals surface area (Å²) >= 11 is 0. The van der Waals surface area contributed by atoms with Gasteiger partial charge in [0.25, 0.3) is 5.91 Å². The molecule has 0 spiro atoms. The number of amides is 2. The lowest BCUT2D eigenvalue weighted by molar-refractivity contribution is -0.126. The molecular weight excluding hydrogens is 258 g/mol. The predicted octanol–water partition coefficient (Wildman–Crippen LogP) is 0.228. The molecule has 6 heteroatoms. The first kappa shape index (κ1) is 11.7. The molecule has 2 saturated heterocycles. The topological polar surface area (TPSA) is 88.0 Å². The van der Waals surface area contributed by atoms with Gasteiger partial charge in [-0.2, -0.15) is 0 Å². The molecule has 104 valence electrons. The van der Waals surface area contributed by atoms with E-state index in [4.69, 9.17) is 10.5 Å². The fourth-order valence-electron chi connectivity index (χ4n) is 3.11. The van der Waals surface area contributed by atoms with E-state index in [9.17, 15) is 9.59 Å². The van der Waals surface area contributed by atoms with Crippen LogP contribution in [-0.4, -0.2) is 35.1 Å². The van der Waals surface area contributed by atoms with E-state index >= 15 is 0 Å². The lowest BCUT2D eigenvalue weighted by atomic mass is 10.1. The Kier molecular flexibility index (Phi) is 2.32. The zero-order valence-corrected chi connectivity index (χ0v) is 10.8. The Hall–Kier alpha value is -2.08. The smallest absolute Gasteiger partial charge is 0.255 e. The average molecular weight is 273 g/mol. The molecule has 6 nitrogen and oxygen atoms in total. The molecule has 3 heterocycles. The van der Waals surface area contributed by atoms with E-state index in [0.717, 1.165) is 12.0 Å². The molecule has 3 aliphatic rings. The summed E-state index contributed by atoms with van der Waals surface area (Å²) < 4.78 is 5.29. The van der Waals surface area contributed by atoms with E-state index in [1.807, 2.05) is 0 Å². The average Bonchev–Trinajstić information content (AvgIpc) is 3.09. The molecule has 3 N–H and O–H groups in total. The summed E-state index contributed by atoms with van der Waals surface area (Å²) in [4.78, 5) is 26.3. The van der Waals surface area contributed by atoms with Gasteiger partial charge in [-0.05, 0) is 25.0 Å². The number of nitrogens with one attached hydrogen (secondary N) is 1. The van der Waals surface area contributed by atoms with Crippen LogP contribution in [0.3, 0.4) is 0 Å². The third kappa shape index (κ3) is 1.61. The quantitative estimate of drug-likeness (QED) is 0.566. The predicted molar refractivity (Wildman–Crippen MR) is 70.6 cm³/mol. The highest BCUT2D eigenvalue weighted by molar-refractivity contribution is 6.02. The molecule has 3 unspecified atom stereocenters. The lowest BCUT2D eigenvalue weighted by Gasteiger charge is -2.25. The van der Waals surface area contributed by atoms with Crippen molar-refractivity contribution in [1.29, 1.82) is 0 Å². The second-order valence-electron chi connectivity index (χ2n) is 5.50. The first-order valence-corrected chi connectivity index (χ1v) is 6.79. The first-order valence-electron chi connectivity index (χ1n) is 6.79. The number of rotatable bonds is 1. The number of ether oxygens (including phenoxy) is 1. The van der Waals surface area contributed by atoms with Crippen molar-refractivity contribution in [3.05, 3.63) is 29.3 Å². The van der Waals surface area contributed by atoms with Gasteiger partial charge in [0.1, 0.15) is 12.1 Å². The normalized spacial score (nSPS) is 31.4. The molecule has 3 atom stereocenters. The van der Waals surface area contributed by atoms with Gasteiger partial charge in [0.05, 0.1) is 0 Å². The number of carbonyl (C=O) groups excluding carboxylic acids is 2. The molecule has 0 aromatic heterocycles. The van der Waals surface area contributed by atoms with Crippen LogP contribution in [-0.2, 0) is 16.1 Å². The van der Waals surface area contributed by atoms with Crippen LogP contribution < -0.4 is 11.1 Å². The second-order valence-corrected chi connectivity index (χ2v) is 5.50. The minimum Gasteiger partial charge on any atom is -0.398 e. The number of nitrogens with two attached hydrogens (primary N) is 1. The SMILES string of the molecule is Nc1cccc2c1CN(C1CCC3OC3NC1=O)C2=O. The van der Waals surface area contributed by atoms with Crippen LogP contribution in [0, 0.1) is 0 Å². The summed E-state index contributed by atoms with van der Waals surface area (Å²) in [5.74, 6) is -0.237. The van der Waals surface area contributed by atoms with Crippen molar-refractivity contribution in [3.8, 4) is 0 Å². The standard InChI is InChI=1S/C14H15N3O3/c15-9-3-1-2-7-8(9)6-17(14(7)19)10-4-5-11-13(20-11)16-12(10)18/h1-3,10-11,13H,4-6,15H2,(H,16,18). The van der Waals surface area contributed by atoms with Gasteiger partial charge in [-0.15, -0.1) is 0 Å². The molecule has 0 radical (unpaired) electrons.